The molecule has 0 fully saturated rings. The topological polar surface area (TPSA) is 82.0 Å². The van der Waals surface area contributed by atoms with E-state index in [1.165, 1.54) is 11.8 Å². The summed E-state index contributed by atoms with van der Waals surface area (Å²) in [6.45, 7) is 3.91. The van der Waals surface area contributed by atoms with Crippen molar-refractivity contribution < 1.29 is 9.59 Å². The molecule has 1 aromatic heterocycles. The predicted molar refractivity (Wildman–Crippen MR) is 109 cm³/mol. The first-order valence-electron chi connectivity index (χ1n) is 8.46. The van der Waals surface area contributed by atoms with Crippen LogP contribution in [0.5, 0.6) is 0 Å². The molecule has 0 unspecified atom stereocenters. The molecule has 0 spiro atoms. The lowest BCUT2D eigenvalue weighted by Gasteiger charge is -2.24. The van der Waals surface area contributed by atoms with Gasteiger partial charge in [0, 0.05) is 22.9 Å². The number of nitrogens with zero attached hydrogens (tertiary/aromatic N) is 1. The van der Waals surface area contributed by atoms with Crippen LogP contribution in [0.1, 0.15) is 28.3 Å². The molecule has 0 saturated carbocycles. The quantitative estimate of drug-likeness (QED) is 0.797. The van der Waals surface area contributed by atoms with E-state index in [9.17, 15) is 14.9 Å². The zero-order valence-corrected chi connectivity index (χ0v) is 16.7. The average molecular weight is 398 g/mol. The second kappa shape index (κ2) is 8.42. The van der Waals surface area contributed by atoms with Gasteiger partial charge in [-0.2, -0.15) is 5.26 Å². The van der Waals surface area contributed by atoms with Crippen LogP contribution in [-0.2, 0) is 9.59 Å². The number of allylic oxidation sites excluding steroid dienone is 1. The Morgan fingerprint density at radius 1 is 1.33 bits per heavy atom. The Morgan fingerprint density at radius 3 is 2.78 bits per heavy atom. The van der Waals surface area contributed by atoms with E-state index in [2.05, 4.69) is 16.7 Å². The van der Waals surface area contributed by atoms with Crippen LogP contribution in [0.15, 0.2) is 46.3 Å². The van der Waals surface area contributed by atoms with Gasteiger partial charge in [0.2, 0.25) is 11.8 Å². The van der Waals surface area contributed by atoms with Gasteiger partial charge in [0.25, 0.3) is 0 Å². The van der Waals surface area contributed by atoms with Crippen molar-refractivity contribution in [3.8, 4) is 6.07 Å². The average Bonchev–Trinajstić information content (AvgIpc) is 3.07. The molecule has 7 heteroatoms. The Hall–Kier alpha value is -2.56. The minimum atomic E-state index is -0.245. The minimum Gasteiger partial charge on any atom is -0.325 e. The number of benzene rings is 1. The molecule has 27 heavy (non-hydrogen) atoms. The largest absolute Gasteiger partial charge is 0.325 e. The normalized spacial score (nSPS) is 16.6. The highest BCUT2D eigenvalue weighted by Gasteiger charge is 2.31. The molecular weight excluding hydrogens is 378 g/mol. The van der Waals surface area contributed by atoms with E-state index >= 15 is 0 Å². The lowest BCUT2D eigenvalue weighted by molar-refractivity contribution is -0.121. The van der Waals surface area contributed by atoms with Crippen molar-refractivity contribution >= 4 is 40.6 Å². The van der Waals surface area contributed by atoms with Gasteiger partial charge in [-0.3, -0.25) is 9.59 Å². The summed E-state index contributed by atoms with van der Waals surface area (Å²) in [5.41, 5.74) is 3.34. The third kappa shape index (κ3) is 4.41. The molecule has 1 aromatic carbocycles. The molecule has 0 bridgehead atoms. The maximum atomic E-state index is 12.3. The summed E-state index contributed by atoms with van der Waals surface area (Å²) in [4.78, 5) is 25.5. The number of rotatable bonds is 5. The van der Waals surface area contributed by atoms with E-state index in [0.717, 1.165) is 21.7 Å². The molecular formula is C20H19N3O2S2. The van der Waals surface area contributed by atoms with Gasteiger partial charge in [0.05, 0.1) is 22.4 Å². The Balaban J connectivity index is 1.75. The molecule has 0 saturated heterocycles. The number of thioether (sulfide) groups is 1. The third-order valence-corrected chi connectivity index (χ3v) is 6.49. The van der Waals surface area contributed by atoms with Crippen molar-refractivity contribution in [2.75, 3.05) is 11.1 Å². The predicted octanol–water partition coefficient (Wildman–Crippen LogP) is 4.08. The standard InChI is InChI=1S/C20H19N3O2S2/c1-12-5-3-4-6-16(12)22-18(25)11-27-20-15(10-21)14(9-17(24)23-20)19-13(2)7-8-26-19/h3-8,14H,9,11H2,1-2H3,(H,22,25)(H,23,24)/t14-/m1/s1. The Kier molecular flexibility index (Phi) is 5.99. The highest BCUT2D eigenvalue weighted by Crippen LogP contribution is 2.39. The zero-order valence-electron chi connectivity index (χ0n) is 15.0. The molecule has 5 nitrogen and oxygen atoms in total. The summed E-state index contributed by atoms with van der Waals surface area (Å²) < 4.78 is 0. The summed E-state index contributed by atoms with van der Waals surface area (Å²) in [5, 5.41) is 17.8. The Labute approximate surface area is 166 Å². The molecule has 0 radical (unpaired) electrons. The van der Waals surface area contributed by atoms with Gasteiger partial charge in [-0.25, -0.2) is 0 Å². The maximum Gasteiger partial charge on any atom is 0.234 e. The molecule has 2 aromatic rings. The van der Waals surface area contributed by atoms with E-state index in [0.29, 0.717) is 10.6 Å². The first-order valence-corrected chi connectivity index (χ1v) is 10.3. The number of para-hydroxylation sites is 1. The van der Waals surface area contributed by atoms with Gasteiger partial charge in [-0.05, 0) is 42.5 Å². The van der Waals surface area contributed by atoms with Crippen molar-refractivity contribution in [1.29, 1.82) is 5.26 Å². The number of hydrogen-bond donors (Lipinski definition) is 2. The Bertz CT molecular complexity index is 956. The summed E-state index contributed by atoms with van der Waals surface area (Å²) in [5.74, 6) is -0.437. The van der Waals surface area contributed by atoms with Crippen LogP contribution in [0.4, 0.5) is 5.69 Å². The van der Waals surface area contributed by atoms with Crippen molar-refractivity contribution in [3.63, 3.8) is 0 Å². The van der Waals surface area contributed by atoms with Gasteiger partial charge in [0.15, 0.2) is 0 Å². The molecule has 0 aliphatic carbocycles. The lowest BCUT2D eigenvalue weighted by Crippen LogP contribution is -2.31. The Morgan fingerprint density at radius 2 is 2.11 bits per heavy atom. The van der Waals surface area contributed by atoms with E-state index in [-0.39, 0.29) is 29.9 Å². The fraction of sp³-hybridized carbons (Fsp3) is 0.250. The number of carbonyl (C=O) groups is 2. The number of nitriles is 1. The van der Waals surface area contributed by atoms with E-state index < -0.39 is 0 Å². The fourth-order valence-electron chi connectivity index (χ4n) is 2.94. The molecule has 2 amide bonds. The van der Waals surface area contributed by atoms with Crippen LogP contribution >= 0.6 is 23.1 Å². The van der Waals surface area contributed by atoms with Gasteiger partial charge < -0.3 is 10.6 Å². The van der Waals surface area contributed by atoms with Gasteiger partial charge in [0.1, 0.15) is 0 Å². The fourth-order valence-corrected chi connectivity index (χ4v) is 4.85. The van der Waals surface area contributed by atoms with Crippen LogP contribution < -0.4 is 10.6 Å². The van der Waals surface area contributed by atoms with E-state index in [1.807, 2.05) is 49.6 Å². The molecule has 2 heterocycles. The van der Waals surface area contributed by atoms with Crippen LogP contribution in [0.25, 0.3) is 0 Å². The molecule has 138 valence electrons. The van der Waals surface area contributed by atoms with Gasteiger partial charge in [-0.15, -0.1) is 11.3 Å². The monoisotopic (exact) mass is 397 g/mol. The van der Waals surface area contributed by atoms with Crippen molar-refractivity contribution in [1.82, 2.24) is 5.32 Å². The van der Waals surface area contributed by atoms with E-state index in [1.54, 1.807) is 11.3 Å². The number of anilines is 1. The summed E-state index contributed by atoms with van der Waals surface area (Å²) >= 11 is 2.74. The molecule has 2 N–H and O–H groups in total. The van der Waals surface area contributed by atoms with Crippen LogP contribution in [-0.4, -0.2) is 17.6 Å². The van der Waals surface area contributed by atoms with Gasteiger partial charge in [-0.1, -0.05) is 30.0 Å². The number of nitrogens with one attached hydrogen (secondary N) is 2. The van der Waals surface area contributed by atoms with Gasteiger partial charge >= 0.3 is 0 Å². The third-order valence-electron chi connectivity index (χ3n) is 4.34. The summed E-state index contributed by atoms with van der Waals surface area (Å²) in [6.07, 6.45) is 0.254. The van der Waals surface area contributed by atoms with Crippen LogP contribution in [0.3, 0.4) is 0 Å². The summed E-state index contributed by atoms with van der Waals surface area (Å²) in [7, 11) is 0. The molecule has 3 rings (SSSR count). The van der Waals surface area contributed by atoms with Crippen molar-refractivity contribution in [2.24, 2.45) is 0 Å². The molecule has 1 aliphatic rings. The first kappa shape index (κ1) is 19.2. The number of hydrogen-bond acceptors (Lipinski definition) is 5. The number of amides is 2. The van der Waals surface area contributed by atoms with Crippen molar-refractivity contribution in [3.05, 3.63) is 62.3 Å². The van der Waals surface area contributed by atoms with Crippen LogP contribution in [0, 0.1) is 25.2 Å². The van der Waals surface area contributed by atoms with E-state index in [4.69, 9.17) is 0 Å². The van der Waals surface area contributed by atoms with Crippen LogP contribution in [0.2, 0.25) is 0 Å². The molecule has 1 aliphatic heterocycles. The smallest absolute Gasteiger partial charge is 0.234 e. The molecule has 1 atom stereocenters. The minimum absolute atomic E-state index is 0.116. The maximum absolute atomic E-state index is 12.3. The highest BCUT2D eigenvalue weighted by atomic mass is 32.2. The summed E-state index contributed by atoms with van der Waals surface area (Å²) in [6, 6.07) is 11.8. The second-order valence-corrected chi connectivity index (χ2v) is 8.21. The second-order valence-electron chi connectivity index (χ2n) is 6.28. The number of aryl methyl sites for hydroxylation is 2. The number of thiophene rings is 1. The van der Waals surface area contributed by atoms with Crippen molar-refractivity contribution in [2.45, 2.75) is 26.2 Å². The number of carbonyl (C=O) groups excluding carboxylic acids is 2. The first-order chi connectivity index (χ1) is 13.0. The SMILES string of the molecule is Cc1ccccc1NC(=O)CSC1=C(C#N)[C@H](c2sccc2C)CC(=O)N1. The zero-order chi connectivity index (χ0) is 19.4. The highest BCUT2D eigenvalue weighted by molar-refractivity contribution is 8.03. The lowest BCUT2D eigenvalue weighted by atomic mass is 9.91.